The van der Waals surface area contributed by atoms with Gasteiger partial charge in [-0.2, -0.15) is 0 Å². The van der Waals surface area contributed by atoms with Crippen LogP contribution in [0.1, 0.15) is 48.8 Å². The molecule has 1 N–H and O–H groups in total. The molecule has 1 aromatic carbocycles. The van der Waals surface area contributed by atoms with E-state index < -0.39 is 5.97 Å². The fraction of sp³-hybridized carbons (Fsp3) is 0.467. The Labute approximate surface area is 112 Å². The van der Waals surface area contributed by atoms with Crippen molar-refractivity contribution in [2.75, 3.05) is 0 Å². The van der Waals surface area contributed by atoms with Crippen LogP contribution in [0, 0.1) is 5.92 Å². The molecule has 0 radical (unpaired) electrons. The number of imidazole rings is 1. The second-order valence-corrected chi connectivity index (χ2v) is 5.76. The van der Waals surface area contributed by atoms with E-state index in [1.807, 2.05) is 6.07 Å². The van der Waals surface area contributed by atoms with Gasteiger partial charge in [0.1, 0.15) is 5.82 Å². The summed E-state index contributed by atoms with van der Waals surface area (Å²) in [7, 11) is 0. The average molecular weight is 258 g/mol. The van der Waals surface area contributed by atoms with Crippen molar-refractivity contribution in [2.24, 2.45) is 5.92 Å². The van der Waals surface area contributed by atoms with Crippen molar-refractivity contribution in [3.63, 3.8) is 0 Å². The molecule has 4 heteroatoms. The van der Waals surface area contributed by atoms with E-state index in [1.54, 1.807) is 12.1 Å². The number of rotatable bonds is 4. The summed E-state index contributed by atoms with van der Waals surface area (Å²) in [6, 6.07) is 5.24. The van der Waals surface area contributed by atoms with Crippen LogP contribution in [0.5, 0.6) is 0 Å². The molecule has 1 fully saturated rings. The lowest BCUT2D eigenvalue weighted by molar-refractivity contribution is 0.0697. The molecule has 1 aromatic heterocycles. The highest BCUT2D eigenvalue weighted by Crippen LogP contribution is 2.41. The zero-order valence-electron chi connectivity index (χ0n) is 11.3. The second-order valence-electron chi connectivity index (χ2n) is 5.76. The van der Waals surface area contributed by atoms with E-state index in [9.17, 15) is 4.79 Å². The Bertz CT molecular complexity index is 639. The summed E-state index contributed by atoms with van der Waals surface area (Å²) in [4.78, 5) is 15.7. The van der Waals surface area contributed by atoms with E-state index in [1.165, 1.54) is 12.8 Å². The number of carbonyl (C=O) groups is 1. The number of fused-ring (bicyclic) bond motifs is 1. The lowest BCUT2D eigenvalue weighted by Gasteiger charge is -2.11. The number of aromatic nitrogens is 2. The second kappa shape index (κ2) is 4.37. The Morgan fingerprint density at radius 1 is 1.47 bits per heavy atom. The predicted octanol–water partition coefficient (Wildman–Crippen LogP) is 3.27. The first kappa shape index (κ1) is 12.2. The maximum atomic E-state index is 11.0. The first-order valence-corrected chi connectivity index (χ1v) is 6.79. The normalized spacial score (nSPS) is 15.3. The molecule has 100 valence electrons. The number of benzene rings is 1. The fourth-order valence-electron chi connectivity index (χ4n) is 2.49. The molecule has 0 spiro atoms. The molecule has 0 bridgehead atoms. The summed E-state index contributed by atoms with van der Waals surface area (Å²) >= 11 is 0. The summed E-state index contributed by atoms with van der Waals surface area (Å²) in [5.41, 5.74) is 2.17. The van der Waals surface area contributed by atoms with Crippen molar-refractivity contribution in [1.82, 2.24) is 9.55 Å². The van der Waals surface area contributed by atoms with Crippen LogP contribution in [0.15, 0.2) is 18.2 Å². The van der Waals surface area contributed by atoms with Gasteiger partial charge in [-0.1, -0.05) is 13.8 Å². The molecule has 0 aliphatic heterocycles. The van der Waals surface area contributed by atoms with Gasteiger partial charge in [-0.3, -0.25) is 0 Å². The van der Waals surface area contributed by atoms with E-state index >= 15 is 0 Å². The van der Waals surface area contributed by atoms with Gasteiger partial charge in [-0.15, -0.1) is 0 Å². The van der Waals surface area contributed by atoms with Crippen LogP contribution in [0.4, 0.5) is 0 Å². The summed E-state index contributed by atoms with van der Waals surface area (Å²) in [6.07, 6.45) is 2.40. The van der Waals surface area contributed by atoms with Gasteiger partial charge in [0.25, 0.3) is 0 Å². The Kier molecular flexibility index (Phi) is 2.81. The molecule has 3 rings (SSSR count). The molecular weight excluding hydrogens is 240 g/mol. The minimum atomic E-state index is -0.895. The summed E-state index contributed by atoms with van der Waals surface area (Å²) in [6.45, 7) is 5.32. The topological polar surface area (TPSA) is 55.1 Å². The van der Waals surface area contributed by atoms with Gasteiger partial charge in [-0.25, -0.2) is 9.78 Å². The van der Waals surface area contributed by atoms with Crippen molar-refractivity contribution in [3.05, 3.63) is 29.6 Å². The van der Waals surface area contributed by atoms with Gasteiger partial charge in [0.15, 0.2) is 0 Å². The number of carboxylic acids is 1. The number of nitrogens with zero attached hydrogens (tertiary/aromatic N) is 2. The maximum absolute atomic E-state index is 11.0. The Morgan fingerprint density at radius 2 is 2.21 bits per heavy atom. The first-order chi connectivity index (χ1) is 9.06. The Hall–Kier alpha value is -1.84. The van der Waals surface area contributed by atoms with Gasteiger partial charge in [-0.05, 0) is 37.0 Å². The third kappa shape index (κ3) is 2.23. The van der Waals surface area contributed by atoms with E-state index in [2.05, 4.69) is 23.4 Å². The van der Waals surface area contributed by atoms with Gasteiger partial charge < -0.3 is 9.67 Å². The summed E-state index contributed by atoms with van der Waals surface area (Å²) in [5, 5.41) is 9.05. The molecule has 2 aromatic rings. The van der Waals surface area contributed by atoms with E-state index in [0.717, 1.165) is 23.4 Å². The van der Waals surface area contributed by atoms with Crippen LogP contribution in [0.2, 0.25) is 0 Å². The predicted molar refractivity (Wildman–Crippen MR) is 73.5 cm³/mol. The van der Waals surface area contributed by atoms with E-state index in [0.29, 0.717) is 17.4 Å². The lowest BCUT2D eigenvalue weighted by atomic mass is 10.2. The van der Waals surface area contributed by atoms with Crippen LogP contribution >= 0.6 is 0 Å². The number of aromatic carboxylic acids is 1. The monoisotopic (exact) mass is 258 g/mol. The zero-order chi connectivity index (χ0) is 13.6. The molecule has 1 aliphatic rings. The van der Waals surface area contributed by atoms with Crippen LogP contribution in [0.3, 0.4) is 0 Å². The third-order valence-electron chi connectivity index (χ3n) is 3.51. The number of hydrogen-bond acceptors (Lipinski definition) is 2. The van der Waals surface area contributed by atoms with Crippen molar-refractivity contribution >= 4 is 17.0 Å². The molecule has 1 saturated carbocycles. The van der Waals surface area contributed by atoms with Crippen LogP contribution in [-0.4, -0.2) is 20.6 Å². The highest BCUT2D eigenvalue weighted by atomic mass is 16.4. The average Bonchev–Trinajstić information content (AvgIpc) is 3.13. The molecule has 0 unspecified atom stereocenters. The van der Waals surface area contributed by atoms with Crippen LogP contribution in [-0.2, 0) is 6.54 Å². The lowest BCUT2D eigenvalue weighted by Crippen LogP contribution is -2.07. The molecular formula is C15H18N2O2. The number of carboxylic acid groups (broad SMARTS) is 1. The summed E-state index contributed by atoms with van der Waals surface area (Å²) in [5.74, 6) is 1.35. The van der Waals surface area contributed by atoms with Gasteiger partial charge >= 0.3 is 5.97 Å². The minimum Gasteiger partial charge on any atom is -0.478 e. The molecule has 19 heavy (non-hydrogen) atoms. The molecule has 0 amide bonds. The van der Waals surface area contributed by atoms with Crippen molar-refractivity contribution in [2.45, 2.75) is 39.2 Å². The molecule has 4 nitrogen and oxygen atoms in total. The van der Waals surface area contributed by atoms with Gasteiger partial charge in [0, 0.05) is 12.5 Å². The quantitative estimate of drug-likeness (QED) is 0.915. The largest absolute Gasteiger partial charge is 0.478 e. The van der Waals surface area contributed by atoms with E-state index in [-0.39, 0.29) is 0 Å². The smallest absolute Gasteiger partial charge is 0.335 e. The molecule has 0 atom stereocenters. The maximum Gasteiger partial charge on any atom is 0.335 e. The van der Waals surface area contributed by atoms with Crippen LogP contribution in [0.25, 0.3) is 11.0 Å². The third-order valence-corrected chi connectivity index (χ3v) is 3.51. The first-order valence-electron chi connectivity index (χ1n) is 6.79. The van der Waals surface area contributed by atoms with Crippen molar-refractivity contribution < 1.29 is 9.90 Å². The standard InChI is InChI=1S/C15H18N2O2/c1-9(2)8-17-13-6-5-11(15(18)19)7-12(13)16-14(17)10-3-4-10/h5-7,9-10H,3-4,8H2,1-2H3,(H,18,19). The molecule has 1 heterocycles. The molecule has 0 saturated heterocycles. The van der Waals surface area contributed by atoms with Crippen molar-refractivity contribution in [1.29, 1.82) is 0 Å². The number of hydrogen-bond donors (Lipinski definition) is 1. The fourth-order valence-corrected chi connectivity index (χ4v) is 2.49. The van der Waals surface area contributed by atoms with Crippen molar-refractivity contribution in [3.8, 4) is 0 Å². The van der Waals surface area contributed by atoms with Crippen LogP contribution < -0.4 is 0 Å². The zero-order valence-corrected chi connectivity index (χ0v) is 11.3. The highest BCUT2D eigenvalue weighted by molar-refractivity contribution is 5.92. The Morgan fingerprint density at radius 3 is 2.79 bits per heavy atom. The molecule has 1 aliphatic carbocycles. The van der Waals surface area contributed by atoms with E-state index in [4.69, 9.17) is 5.11 Å². The highest BCUT2D eigenvalue weighted by Gasteiger charge is 2.29. The van der Waals surface area contributed by atoms with Gasteiger partial charge in [0.05, 0.1) is 16.6 Å². The van der Waals surface area contributed by atoms with Gasteiger partial charge in [0.2, 0.25) is 0 Å². The SMILES string of the molecule is CC(C)Cn1c(C2CC2)nc2cc(C(=O)O)ccc21. The summed E-state index contributed by atoms with van der Waals surface area (Å²) < 4.78 is 2.27. The Balaban J connectivity index is 2.14. The minimum absolute atomic E-state index is 0.309.